The molecule has 2 aromatic rings. The monoisotopic (exact) mass is 247 g/mol. The standard InChI is InChI=1S/C15H21NO2/c1-10(2)16-9-11(8-15(3,4)18)14-12(16)6-5-7-13(14)17/h5-7,9-10,17-18H,8H2,1-4H3. The van der Waals surface area contributed by atoms with E-state index in [1.54, 1.807) is 19.9 Å². The molecule has 2 N–H and O–H groups in total. The van der Waals surface area contributed by atoms with E-state index in [0.29, 0.717) is 12.5 Å². The Hall–Kier alpha value is -1.48. The molecule has 0 bridgehead atoms. The molecule has 0 saturated carbocycles. The fraction of sp³-hybridized carbons (Fsp3) is 0.467. The van der Waals surface area contributed by atoms with Crippen LogP contribution in [0.4, 0.5) is 0 Å². The van der Waals surface area contributed by atoms with Gasteiger partial charge in [0.15, 0.2) is 0 Å². The fourth-order valence-corrected chi connectivity index (χ4v) is 2.40. The van der Waals surface area contributed by atoms with Gasteiger partial charge in [-0.3, -0.25) is 0 Å². The van der Waals surface area contributed by atoms with E-state index in [9.17, 15) is 10.2 Å². The molecule has 98 valence electrons. The van der Waals surface area contributed by atoms with Crippen molar-refractivity contribution in [1.29, 1.82) is 0 Å². The molecule has 1 aromatic heterocycles. The van der Waals surface area contributed by atoms with Crippen molar-refractivity contribution < 1.29 is 10.2 Å². The zero-order valence-corrected chi connectivity index (χ0v) is 11.4. The number of aromatic nitrogens is 1. The van der Waals surface area contributed by atoms with Crippen molar-refractivity contribution in [2.75, 3.05) is 0 Å². The minimum absolute atomic E-state index is 0.283. The number of aromatic hydroxyl groups is 1. The Morgan fingerprint density at radius 1 is 1.28 bits per heavy atom. The van der Waals surface area contributed by atoms with Crippen LogP contribution in [0.2, 0.25) is 0 Å². The quantitative estimate of drug-likeness (QED) is 0.874. The van der Waals surface area contributed by atoms with Crippen molar-refractivity contribution >= 4 is 10.9 Å². The fourth-order valence-electron chi connectivity index (χ4n) is 2.40. The Kier molecular flexibility index (Phi) is 3.11. The molecule has 0 saturated heterocycles. The molecule has 0 atom stereocenters. The van der Waals surface area contributed by atoms with Crippen LogP contribution < -0.4 is 0 Å². The van der Waals surface area contributed by atoms with Crippen molar-refractivity contribution in [2.24, 2.45) is 0 Å². The lowest BCUT2D eigenvalue weighted by Gasteiger charge is -2.16. The van der Waals surface area contributed by atoms with Crippen molar-refractivity contribution in [3.63, 3.8) is 0 Å². The third-order valence-corrected chi connectivity index (χ3v) is 3.09. The predicted molar refractivity (Wildman–Crippen MR) is 74.0 cm³/mol. The summed E-state index contributed by atoms with van der Waals surface area (Å²) in [6.45, 7) is 7.78. The van der Waals surface area contributed by atoms with E-state index in [-0.39, 0.29) is 5.75 Å². The summed E-state index contributed by atoms with van der Waals surface area (Å²) in [6.07, 6.45) is 2.56. The molecule has 0 spiro atoms. The number of aliphatic hydroxyl groups is 1. The molecule has 0 radical (unpaired) electrons. The van der Waals surface area contributed by atoms with Gasteiger partial charge < -0.3 is 14.8 Å². The molecule has 18 heavy (non-hydrogen) atoms. The number of rotatable bonds is 3. The van der Waals surface area contributed by atoms with Gasteiger partial charge in [-0.25, -0.2) is 0 Å². The third kappa shape index (κ3) is 2.36. The van der Waals surface area contributed by atoms with Gasteiger partial charge in [-0.05, 0) is 45.4 Å². The van der Waals surface area contributed by atoms with E-state index in [0.717, 1.165) is 16.5 Å². The Morgan fingerprint density at radius 2 is 1.94 bits per heavy atom. The molecule has 3 nitrogen and oxygen atoms in total. The molecule has 0 fully saturated rings. The van der Waals surface area contributed by atoms with Crippen LogP contribution in [0, 0.1) is 0 Å². The maximum Gasteiger partial charge on any atom is 0.125 e. The summed E-state index contributed by atoms with van der Waals surface area (Å²) in [5.74, 6) is 0.283. The first-order valence-electron chi connectivity index (χ1n) is 6.33. The van der Waals surface area contributed by atoms with Gasteiger partial charge in [-0.2, -0.15) is 0 Å². The first kappa shape index (κ1) is 13.0. The highest BCUT2D eigenvalue weighted by molar-refractivity contribution is 5.90. The maximum atomic E-state index is 10.0. The molecule has 0 amide bonds. The molecule has 1 aromatic carbocycles. The largest absolute Gasteiger partial charge is 0.507 e. The zero-order chi connectivity index (χ0) is 13.5. The number of hydrogen-bond donors (Lipinski definition) is 2. The van der Waals surface area contributed by atoms with Crippen LogP contribution in [0.15, 0.2) is 24.4 Å². The molecule has 0 aliphatic rings. The zero-order valence-electron chi connectivity index (χ0n) is 11.4. The van der Waals surface area contributed by atoms with Crippen LogP contribution >= 0.6 is 0 Å². The van der Waals surface area contributed by atoms with Crippen LogP contribution in [-0.2, 0) is 6.42 Å². The lowest BCUT2D eigenvalue weighted by Crippen LogP contribution is -2.21. The van der Waals surface area contributed by atoms with Gasteiger partial charge >= 0.3 is 0 Å². The molecule has 3 heteroatoms. The van der Waals surface area contributed by atoms with Crippen molar-refractivity contribution in [1.82, 2.24) is 4.57 Å². The molecule has 1 heterocycles. The predicted octanol–water partition coefficient (Wildman–Crippen LogP) is 3.24. The van der Waals surface area contributed by atoms with E-state index >= 15 is 0 Å². The number of benzene rings is 1. The summed E-state index contributed by atoms with van der Waals surface area (Å²) in [5, 5.41) is 20.9. The summed E-state index contributed by atoms with van der Waals surface area (Å²) in [5.41, 5.74) is 1.23. The van der Waals surface area contributed by atoms with E-state index in [1.807, 2.05) is 18.3 Å². The number of nitrogens with zero attached hydrogens (tertiary/aromatic N) is 1. The first-order chi connectivity index (χ1) is 8.29. The third-order valence-electron chi connectivity index (χ3n) is 3.09. The van der Waals surface area contributed by atoms with Gasteiger partial charge in [0.1, 0.15) is 5.75 Å². The lowest BCUT2D eigenvalue weighted by atomic mass is 9.98. The average molecular weight is 247 g/mol. The highest BCUT2D eigenvalue weighted by atomic mass is 16.3. The number of fused-ring (bicyclic) bond motifs is 1. The van der Waals surface area contributed by atoms with Crippen LogP contribution in [0.3, 0.4) is 0 Å². The minimum Gasteiger partial charge on any atom is -0.507 e. The second-order valence-electron chi connectivity index (χ2n) is 5.82. The van der Waals surface area contributed by atoms with Gasteiger partial charge in [-0.1, -0.05) is 6.07 Å². The number of phenolic OH excluding ortho intramolecular Hbond substituents is 1. The van der Waals surface area contributed by atoms with Crippen molar-refractivity contribution in [2.45, 2.75) is 45.8 Å². The van der Waals surface area contributed by atoms with Crippen LogP contribution in [0.5, 0.6) is 5.75 Å². The van der Waals surface area contributed by atoms with Gasteiger partial charge in [-0.15, -0.1) is 0 Å². The highest BCUT2D eigenvalue weighted by Gasteiger charge is 2.20. The normalized spacial score (nSPS) is 12.6. The molecule has 0 aliphatic carbocycles. The van der Waals surface area contributed by atoms with Crippen molar-refractivity contribution in [3.8, 4) is 5.75 Å². The Morgan fingerprint density at radius 3 is 2.50 bits per heavy atom. The van der Waals surface area contributed by atoms with E-state index < -0.39 is 5.60 Å². The summed E-state index contributed by atoms with van der Waals surface area (Å²) < 4.78 is 2.14. The summed E-state index contributed by atoms with van der Waals surface area (Å²) in [4.78, 5) is 0. The first-order valence-corrected chi connectivity index (χ1v) is 6.33. The Bertz CT molecular complexity index is 562. The summed E-state index contributed by atoms with van der Waals surface area (Å²) in [7, 11) is 0. The Labute approximate surface area is 108 Å². The summed E-state index contributed by atoms with van der Waals surface area (Å²) in [6, 6.07) is 5.87. The maximum absolute atomic E-state index is 10.0. The van der Waals surface area contributed by atoms with E-state index in [2.05, 4.69) is 18.4 Å². The smallest absolute Gasteiger partial charge is 0.125 e. The molecular weight excluding hydrogens is 226 g/mol. The van der Waals surface area contributed by atoms with E-state index in [4.69, 9.17) is 0 Å². The second-order valence-corrected chi connectivity index (χ2v) is 5.82. The Balaban J connectivity index is 2.66. The highest BCUT2D eigenvalue weighted by Crippen LogP contribution is 2.33. The minimum atomic E-state index is -0.779. The van der Waals surface area contributed by atoms with Gasteiger partial charge in [0.05, 0.1) is 11.1 Å². The summed E-state index contributed by atoms with van der Waals surface area (Å²) >= 11 is 0. The van der Waals surface area contributed by atoms with Crippen LogP contribution in [-0.4, -0.2) is 20.4 Å². The number of hydrogen-bond acceptors (Lipinski definition) is 2. The van der Waals surface area contributed by atoms with Crippen molar-refractivity contribution in [3.05, 3.63) is 30.0 Å². The lowest BCUT2D eigenvalue weighted by molar-refractivity contribution is 0.0812. The van der Waals surface area contributed by atoms with Gasteiger partial charge in [0, 0.05) is 24.0 Å². The average Bonchev–Trinajstić information content (AvgIpc) is 2.56. The molecule has 0 aliphatic heterocycles. The van der Waals surface area contributed by atoms with Gasteiger partial charge in [0.2, 0.25) is 0 Å². The molecule has 2 rings (SSSR count). The van der Waals surface area contributed by atoms with Crippen LogP contribution in [0.25, 0.3) is 10.9 Å². The van der Waals surface area contributed by atoms with E-state index in [1.165, 1.54) is 0 Å². The SMILES string of the molecule is CC(C)n1cc(CC(C)(C)O)c2c(O)cccc21. The topological polar surface area (TPSA) is 45.4 Å². The molecule has 0 unspecified atom stereocenters. The number of phenols is 1. The van der Waals surface area contributed by atoms with Gasteiger partial charge in [0.25, 0.3) is 0 Å². The molecular formula is C15H21NO2. The second kappa shape index (κ2) is 4.32. The van der Waals surface area contributed by atoms with Crippen LogP contribution in [0.1, 0.15) is 39.3 Å².